The Kier molecular flexibility index (Phi) is 10.2. The van der Waals surface area contributed by atoms with E-state index in [-0.39, 0.29) is 12.5 Å². The van der Waals surface area contributed by atoms with E-state index in [9.17, 15) is 20.1 Å². The van der Waals surface area contributed by atoms with Crippen LogP contribution in [0.2, 0.25) is 0 Å². The Bertz CT molecular complexity index is 384. The monoisotopic (exact) mass is 344 g/mol. The van der Waals surface area contributed by atoms with Crippen LogP contribution < -0.4 is 0 Å². The molecule has 1 saturated heterocycles. The Morgan fingerprint density at radius 1 is 1.17 bits per heavy atom. The molecule has 1 aliphatic rings. The topological polar surface area (TPSA) is 107 Å². The molecule has 140 valence electrons. The highest BCUT2D eigenvalue weighted by molar-refractivity contribution is 5.66. The number of aliphatic carboxylic acids is 1. The van der Waals surface area contributed by atoms with Crippen molar-refractivity contribution >= 4 is 5.97 Å². The quantitative estimate of drug-likeness (QED) is 0.319. The van der Waals surface area contributed by atoms with Crippen LogP contribution in [0.5, 0.6) is 0 Å². The fourth-order valence-electron chi connectivity index (χ4n) is 2.97. The lowest BCUT2D eigenvalue weighted by molar-refractivity contribution is -0.137. The molecule has 6 heteroatoms. The molecule has 0 unspecified atom stereocenters. The number of rotatable bonds is 12. The molecule has 0 radical (unpaired) electrons. The molecule has 0 aromatic rings. The van der Waals surface area contributed by atoms with Crippen molar-refractivity contribution in [3.63, 3.8) is 0 Å². The number of hydrogen-bond donors (Lipinski definition) is 4. The molecule has 0 spiro atoms. The predicted molar refractivity (Wildman–Crippen MR) is 90.7 cm³/mol. The van der Waals surface area contributed by atoms with E-state index in [1.807, 2.05) is 6.92 Å². The van der Waals surface area contributed by atoms with Crippen LogP contribution >= 0.6 is 0 Å². The lowest BCUT2D eigenvalue weighted by Gasteiger charge is -2.16. The molecule has 6 nitrogen and oxygen atoms in total. The highest BCUT2D eigenvalue weighted by Crippen LogP contribution is 2.25. The number of carbonyl (C=O) groups is 1. The summed E-state index contributed by atoms with van der Waals surface area (Å²) in [6.45, 7) is 1.93. The summed E-state index contributed by atoms with van der Waals surface area (Å²) in [6.07, 6.45) is 6.92. The van der Waals surface area contributed by atoms with Crippen LogP contribution in [-0.2, 0) is 9.53 Å². The molecule has 5 atom stereocenters. The third kappa shape index (κ3) is 8.24. The average molecular weight is 344 g/mol. The second kappa shape index (κ2) is 11.6. The normalized spacial score (nSPS) is 26.8. The Hall–Kier alpha value is -0.950. The molecule has 0 aromatic carbocycles. The standard InChI is InChI=1S/C18H32O6/c1-2-16-15(21)12-17(24-16)14(20)11-10-13(19)8-6-4-3-5-7-9-18(22)23/h10-11,13-17,19-21H,2-9,12H2,1H3,(H,22,23)/b11-10+/t13-,14-,15-,16-,17-/m1/s1. The van der Waals surface area contributed by atoms with E-state index in [1.54, 1.807) is 12.2 Å². The van der Waals surface area contributed by atoms with Gasteiger partial charge in [0.15, 0.2) is 0 Å². The van der Waals surface area contributed by atoms with Gasteiger partial charge in [0, 0.05) is 12.8 Å². The van der Waals surface area contributed by atoms with Crippen molar-refractivity contribution in [3.05, 3.63) is 12.2 Å². The van der Waals surface area contributed by atoms with Gasteiger partial charge in [-0.25, -0.2) is 0 Å². The third-order valence-electron chi connectivity index (χ3n) is 4.46. The molecule has 24 heavy (non-hydrogen) atoms. The van der Waals surface area contributed by atoms with E-state index in [4.69, 9.17) is 9.84 Å². The maximum Gasteiger partial charge on any atom is 0.303 e. The van der Waals surface area contributed by atoms with Gasteiger partial charge in [-0.2, -0.15) is 0 Å². The second-order valence-corrected chi connectivity index (χ2v) is 6.57. The number of aliphatic hydroxyl groups excluding tert-OH is 3. The van der Waals surface area contributed by atoms with Gasteiger partial charge < -0.3 is 25.2 Å². The maximum atomic E-state index is 10.4. The summed E-state index contributed by atoms with van der Waals surface area (Å²) in [5.74, 6) is -0.752. The molecule has 0 aliphatic carbocycles. The van der Waals surface area contributed by atoms with E-state index >= 15 is 0 Å². The zero-order valence-electron chi connectivity index (χ0n) is 14.5. The Morgan fingerprint density at radius 2 is 1.83 bits per heavy atom. The van der Waals surface area contributed by atoms with Crippen LogP contribution in [0.15, 0.2) is 12.2 Å². The van der Waals surface area contributed by atoms with Crippen molar-refractivity contribution in [2.24, 2.45) is 0 Å². The number of carboxylic acid groups (broad SMARTS) is 1. The van der Waals surface area contributed by atoms with Crippen LogP contribution in [0.4, 0.5) is 0 Å². The minimum absolute atomic E-state index is 0.218. The Balaban J connectivity index is 2.12. The zero-order chi connectivity index (χ0) is 17.9. The van der Waals surface area contributed by atoms with Gasteiger partial charge in [-0.1, -0.05) is 44.8 Å². The van der Waals surface area contributed by atoms with Gasteiger partial charge in [-0.15, -0.1) is 0 Å². The smallest absolute Gasteiger partial charge is 0.303 e. The van der Waals surface area contributed by atoms with Gasteiger partial charge in [0.25, 0.3) is 0 Å². The lowest BCUT2D eigenvalue weighted by atomic mass is 10.0. The number of aliphatic hydroxyl groups is 3. The van der Waals surface area contributed by atoms with Crippen LogP contribution in [0.25, 0.3) is 0 Å². The first-order valence-corrected chi connectivity index (χ1v) is 9.03. The SMILES string of the molecule is CC[C@H]1O[C@@H]([C@H](O)/C=C/[C@H](O)CCCCCCCC(=O)O)C[C@H]1O. The van der Waals surface area contributed by atoms with Crippen LogP contribution in [0, 0.1) is 0 Å². The van der Waals surface area contributed by atoms with E-state index in [1.165, 1.54) is 0 Å². The van der Waals surface area contributed by atoms with Gasteiger partial charge >= 0.3 is 5.97 Å². The molecule has 0 saturated carbocycles. The number of carboxylic acids is 1. The van der Waals surface area contributed by atoms with Gasteiger partial charge in [-0.3, -0.25) is 4.79 Å². The molecule has 1 rings (SSSR count). The summed E-state index contributed by atoms with van der Waals surface area (Å²) >= 11 is 0. The van der Waals surface area contributed by atoms with Gasteiger partial charge in [0.2, 0.25) is 0 Å². The molecule has 0 aromatic heterocycles. The molecule has 0 amide bonds. The third-order valence-corrected chi connectivity index (χ3v) is 4.46. The van der Waals surface area contributed by atoms with E-state index < -0.39 is 30.4 Å². The summed E-state index contributed by atoms with van der Waals surface area (Å²) in [4.78, 5) is 10.4. The van der Waals surface area contributed by atoms with Crippen molar-refractivity contribution in [2.45, 2.75) is 95.2 Å². The maximum absolute atomic E-state index is 10.4. The van der Waals surface area contributed by atoms with Crippen molar-refractivity contribution in [2.75, 3.05) is 0 Å². The number of ether oxygens (including phenoxy) is 1. The minimum atomic E-state index is -0.818. The van der Waals surface area contributed by atoms with Gasteiger partial charge in [-0.05, 0) is 19.3 Å². The summed E-state index contributed by atoms with van der Waals surface area (Å²) in [5, 5.41) is 38.3. The summed E-state index contributed by atoms with van der Waals surface area (Å²) in [6, 6.07) is 0. The summed E-state index contributed by atoms with van der Waals surface area (Å²) in [7, 11) is 0. The first-order chi connectivity index (χ1) is 11.4. The largest absolute Gasteiger partial charge is 0.481 e. The van der Waals surface area contributed by atoms with Crippen molar-refractivity contribution in [1.82, 2.24) is 0 Å². The minimum Gasteiger partial charge on any atom is -0.481 e. The first-order valence-electron chi connectivity index (χ1n) is 9.03. The zero-order valence-corrected chi connectivity index (χ0v) is 14.5. The Labute approximate surface area is 144 Å². The molecule has 1 heterocycles. The molecular formula is C18H32O6. The second-order valence-electron chi connectivity index (χ2n) is 6.57. The number of unbranched alkanes of at least 4 members (excludes halogenated alkanes) is 4. The summed E-state index contributed by atoms with van der Waals surface area (Å²) in [5.41, 5.74) is 0. The van der Waals surface area contributed by atoms with E-state index in [2.05, 4.69) is 0 Å². The number of hydrogen-bond acceptors (Lipinski definition) is 5. The average Bonchev–Trinajstić information content (AvgIpc) is 2.92. The first kappa shape index (κ1) is 21.1. The molecular weight excluding hydrogens is 312 g/mol. The predicted octanol–water partition coefficient (Wildman–Crippen LogP) is 2.01. The van der Waals surface area contributed by atoms with Crippen LogP contribution in [0.1, 0.15) is 64.7 Å². The van der Waals surface area contributed by atoms with Crippen molar-refractivity contribution in [3.8, 4) is 0 Å². The molecule has 4 N–H and O–H groups in total. The molecule has 1 aliphatic heterocycles. The molecule has 1 fully saturated rings. The fraction of sp³-hybridized carbons (Fsp3) is 0.833. The lowest BCUT2D eigenvalue weighted by Crippen LogP contribution is -2.24. The van der Waals surface area contributed by atoms with E-state index in [0.29, 0.717) is 25.7 Å². The van der Waals surface area contributed by atoms with Crippen molar-refractivity contribution < 1.29 is 30.0 Å². The van der Waals surface area contributed by atoms with Crippen LogP contribution in [0.3, 0.4) is 0 Å². The highest BCUT2D eigenvalue weighted by atomic mass is 16.5. The fourth-order valence-corrected chi connectivity index (χ4v) is 2.97. The Morgan fingerprint density at radius 3 is 2.46 bits per heavy atom. The van der Waals surface area contributed by atoms with Gasteiger partial charge in [0.1, 0.15) is 0 Å². The van der Waals surface area contributed by atoms with E-state index in [0.717, 1.165) is 25.7 Å². The van der Waals surface area contributed by atoms with Crippen LogP contribution in [-0.4, -0.2) is 56.9 Å². The molecule has 0 bridgehead atoms. The van der Waals surface area contributed by atoms with Crippen molar-refractivity contribution in [1.29, 1.82) is 0 Å². The highest BCUT2D eigenvalue weighted by Gasteiger charge is 2.35. The van der Waals surface area contributed by atoms with Gasteiger partial charge in [0.05, 0.1) is 30.5 Å². The summed E-state index contributed by atoms with van der Waals surface area (Å²) < 4.78 is 5.60.